The zero-order valence-electron chi connectivity index (χ0n) is 30.9. The van der Waals surface area contributed by atoms with E-state index in [1.54, 1.807) is 0 Å². The zero-order valence-corrected chi connectivity index (χ0v) is 30.9. The first-order valence-electron chi connectivity index (χ1n) is 19.0. The summed E-state index contributed by atoms with van der Waals surface area (Å²) >= 11 is 0. The van der Waals surface area contributed by atoms with Crippen LogP contribution in [-0.2, 0) is 5.41 Å². The van der Waals surface area contributed by atoms with E-state index in [1.165, 1.54) is 61.0 Å². The largest absolute Gasteiger partial charge is 0.228 e. The topological polar surface area (TPSA) is 25.8 Å². The van der Waals surface area contributed by atoms with Gasteiger partial charge in [0.05, 0.1) is 11.4 Å². The Hall–Kier alpha value is -6.90. The van der Waals surface area contributed by atoms with Crippen molar-refractivity contribution in [1.82, 2.24) is 9.97 Å². The molecule has 260 valence electrons. The third-order valence-electron chi connectivity index (χ3n) is 11.3. The molecule has 0 amide bonds. The number of hydrogen-bond acceptors (Lipinski definition) is 2. The highest BCUT2D eigenvalue weighted by Crippen LogP contribution is 2.49. The van der Waals surface area contributed by atoms with Gasteiger partial charge in [-0.3, -0.25) is 0 Å². The first-order chi connectivity index (χ1) is 27.0. The Bertz CT molecular complexity index is 2810. The SMILES string of the molecule is CC1(C)c2ccccc2-c2cc(-c3cccc(-c4ccc(-c5ccc(-c6cc(-c7ccccc7)nc(-c7ccccc7)n6)c6ccccc56)cc4)c3)ccc21. The molecule has 1 aliphatic rings. The Labute approximate surface area is 322 Å². The quantitative estimate of drug-likeness (QED) is 0.172. The molecule has 0 aliphatic heterocycles. The van der Waals surface area contributed by atoms with Gasteiger partial charge in [-0.05, 0) is 84.6 Å². The molecule has 0 atom stereocenters. The minimum atomic E-state index is 0.00735. The molecule has 55 heavy (non-hydrogen) atoms. The molecule has 0 radical (unpaired) electrons. The molecule has 0 saturated carbocycles. The molecule has 2 nitrogen and oxygen atoms in total. The summed E-state index contributed by atoms with van der Waals surface area (Å²) in [6.07, 6.45) is 0. The number of nitrogens with zero attached hydrogens (tertiary/aromatic N) is 2. The lowest BCUT2D eigenvalue weighted by Crippen LogP contribution is -2.14. The molecule has 1 heterocycles. The van der Waals surface area contributed by atoms with Gasteiger partial charge in [-0.2, -0.15) is 0 Å². The van der Waals surface area contributed by atoms with Crippen molar-refractivity contribution >= 4 is 10.8 Å². The summed E-state index contributed by atoms with van der Waals surface area (Å²) in [6, 6.07) is 69.6. The Morgan fingerprint density at radius 3 is 1.60 bits per heavy atom. The van der Waals surface area contributed by atoms with Gasteiger partial charge in [0.2, 0.25) is 0 Å². The van der Waals surface area contributed by atoms with E-state index in [2.05, 4.69) is 184 Å². The smallest absolute Gasteiger partial charge is 0.160 e. The molecule has 0 bridgehead atoms. The van der Waals surface area contributed by atoms with E-state index in [4.69, 9.17) is 9.97 Å². The van der Waals surface area contributed by atoms with Crippen LogP contribution in [0.15, 0.2) is 194 Å². The van der Waals surface area contributed by atoms with Crippen molar-refractivity contribution in [2.75, 3.05) is 0 Å². The van der Waals surface area contributed by atoms with Gasteiger partial charge >= 0.3 is 0 Å². The fraction of sp³-hybridized carbons (Fsp3) is 0.0566. The third-order valence-corrected chi connectivity index (χ3v) is 11.3. The van der Waals surface area contributed by atoms with Gasteiger partial charge in [-0.15, -0.1) is 0 Å². The van der Waals surface area contributed by atoms with Crippen molar-refractivity contribution in [3.63, 3.8) is 0 Å². The highest BCUT2D eigenvalue weighted by Gasteiger charge is 2.35. The van der Waals surface area contributed by atoms with Crippen molar-refractivity contribution in [2.24, 2.45) is 0 Å². The summed E-state index contributed by atoms with van der Waals surface area (Å²) in [5, 5.41) is 2.35. The van der Waals surface area contributed by atoms with Gasteiger partial charge < -0.3 is 0 Å². The van der Waals surface area contributed by atoms with E-state index < -0.39 is 0 Å². The van der Waals surface area contributed by atoms with E-state index in [0.29, 0.717) is 0 Å². The maximum atomic E-state index is 5.15. The van der Waals surface area contributed by atoms with Crippen molar-refractivity contribution in [2.45, 2.75) is 19.3 Å². The van der Waals surface area contributed by atoms with Crippen molar-refractivity contribution in [3.05, 3.63) is 205 Å². The maximum absolute atomic E-state index is 5.15. The molecule has 1 aliphatic carbocycles. The molecule has 2 heteroatoms. The van der Waals surface area contributed by atoms with Crippen LogP contribution in [0.25, 0.3) is 89.2 Å². The predicted octanol–water partition coefficient (Wildman–Crippen LogP) is 13.9. The monoisotopic (exact) mass is 702 g/mol. The lowest BCUT2D eigenvalue weighted by molar-refractivity contribution is 0.660. The summed E-state index contributed by atoms with van der Waals surface area (Å²) in [7, 11) is 0. The minimum Gasteiger partial charge on any atom is -0.228 e. The van der Waals surface area contributed by atoms with Gasteiger partial charge in [0.15, 0.2) is 5.82 Å². The fourth-order valence-electron chi connectivity index (χ4n) is 8.45. The summed E-state index contributed by atoms with van der Waals surface area (Å²) < 4.78 is 0. The Morgan fingerprint density at radius 1 is 0.309 bits per heavy atom. The molecule has 1 aromatic heterocycles. The molecule has 8 aromatic carbocycles. The van der Waals surface area contributed by atoms with Gasteiger partial charge in [0.1, 0.15) is 0 Å². The first-order valence-corrected chi connectivity index (χ1v) is 19.0. The highest BCUT2D eigenvalue weighted by molar-refractivity contribution is 6.05. The van der Waals surface area contributed by atoms with E-state index in [-0.39, 0.29) is 5.41 Å². The molecule has 10 rings (SSSR count). The number of rotatable bonds is 6. The van der Waals surface area contributed by atoms with Crippen LogP contribution in [0.3, 0.4) is 0 Å². The van der Waals surface area contributed by atoms with Crippen molar-refractivity contribution < 1.29 is 0 Å². The predicted molar refractivity (Wildman–Crippen MR) is 230 cm³/mol. The summed E-state index contributed by atoms with van der Waals surface area (Å²) in [5.41, 5.74) is 17.7. The normalized spacial score (nSPS) is 12.7. The van der Waals surface area contributed by atoms with Crippen molar-refractivity contribution in [1.29, 1.82) is 0 Å². The lowest BCUT2D eigenvalue weighted by atomic mass is 9.82. The molecule has 0 unspecified atom stereocenters. The second-order valence-electron chi connectivity index (χ2n) is 15.0. The average molecular weight is 703 g/mol. The van der Waals surface area contributed by atoms with Crippen LogP contribution >= 0.6 is 0 Å². The minimum absolute atomic E-state index is 0.00735. The van der Waals surface area contributed by atoms with Gasteiger partial charge in [-0.1, -0.05) is 190 Å². The standard InChI is InChI=1S/C53H38N2/c1-53(2)48-23-12-11-22-45(48)47-33-41(28-31-49(47)53)40-19-13-18-39(32-40)35-24-26-36(27-25-35)42-29-30-46(44-21-10-9-20-43(42)44)51-34-50(37-14-5-3-6-15-37)54-52(55-51)38-16-7-4-8-17-38/h3-34H,1-2H3. The van der Waals surface area contributed by atoms with E-state index >= 15 is 0 Å². The average Bonchev–Trinajstić information content (AvgIpc) is 3.49. The van der Waals surface area contributed by atoms with Gasteiger partial charge in [0.25, 0.3) is 0 Å². The molecule has 0 spiro atoms. The van der Waals surface area contributed by atoms with E-state index in [0.717, 1.165) is 39.3 Å². The number of fused-ring (bicyclic) bond motifs is 4. The Kier molecular flexibility index (Phi) is 7.85. The Morgan fingerprint density at radius 2 is 0.836 bits per heavy atom. The Balaban J connectivity index is 0.999. The second-order valence-corrected chi connectivity index (χ2v) is 15.0. The number of hydrogen-bond donors (Lipinski definition) is 0. The number of benzene rings is 8. The maximum Gasteiger partial charge on any atom is 0.160 e. The van der Waals surface area contributed by atoms with E-state index in [1.807, 2.05) is 24.3 Å². The first kappa shape index (κ1) is 32.7. The van der Waals surface area contributed by atoms with Crippen LogP contribution in [0.5, 0.6) is 0 Å². The third kappa shape index (κ3) is 5.75. The lowest BCUT2D eigenvalue weighted by Gasteiger charge is -2.21. The summed E-state index contributed by atoms with van der Waals surface area (Å²) in [6.45, 7) is 4.67. The van der Waals surface area contributed by atoms with Crippen LogP contribution in [-0.4, -0.2) is 9.97 Å². The van der Waals surface area contributed by atoms with Gasteiger partial charge in [-0.25, -0.2) is 9.97 Å². The highest BCUT2D eigenvalue weighted by atomic mass is 14.9. The zero-order chi connectivity index (χ0) is 36.9. The fourth-order valence-corrected chi connectivity index (χ4v) is 8.45. The van der Waals surface area contributed by atoms with Gasteiger partial charge in [0, 0.05) is 22.1 Å². The molecule has 0 saturated heterocycles. The van der Waals surface area contributed by atoms with Crippen LogP contribution in [0.4, 0.5) is 0 Å². The molecule has 9 aromatic rings. The molecular weight excluding hydrogens is 665 g/mol. The van der Waals surface area contributed by atoms with Crippen LogP contribution in [0, 0.1) is 0 Å². The second kappa shape index (κ2) is 13.2. The number of aromatic nitrogens is 2. The molecular formula is C53H38N2. The van der Waals surface area contributed by atoms with Crippen molar-refractivity contribution in [3.8, 4) is 78.4 Å². The van der Waals surface area contributed by atoms with E-state index in [9.17, 15) is 0 Å². The summed E-state index contributed by atoms with van der Waals surface area (Å²) in [5.74, 6) is 0.718. The van der Waals surface area contributed by atoms with Crippen LogP contribution < -0.4 is 0 Å². The van der Waals surface area contributed by atoms with Crippen LogP contribution in [0.2, 0.25) is 0 Å². The van der Waals surface area contributed by atoms with Crippen LogP contribution in [0.1, 0.15) is 25.0 Å². The molecule has 0 N–H and O–H groups in total. The molecule has 0 fully saturated rings. The summed E-state index contributed by atoms with van der Waals surface area (Å²) in [4.78, 5) is 10.2.